The van der Waals surface area contributed by atoms with Gasteiger partial charge in [-0.1, -0.05) is 23.7 Å². The lowest BCUT2D eigenvalue weighted by atomic mass is 10.1. The quantitative estimate of drug-likeness (QED) is 0.859. The SMILES string of the molecule is O=C(O)C1(COc2ccccc2Cl)CC1. The van der Waals surface area contributed by atoms with Gasteiger partial charge in [-0.2, -0.15) is 0 Å². The zero-order valence-electron chi connectivity index (χ0n) is 8.07. The molecule has 0 saturated heterocycles. The highest BCUT2D eigenvalue weighted by molar-refractivity contribution is 6.32. The molecule has 0 aliphatic heterocycles. The first kappa shape index (κ1) is 10.3. The highest BCUT2D eigenvalue weighted by Gasteiger charge is 2.51. The molecule has 1 aromatic rings. The average molecular weight is 227 g/mol. The van der Waals surface area contributed by atoms with Gasteiger partial charge in [0.1, 0.15) is 17.8 Å². The van der Waals surface area contributed by atoms with Crippen molar-refractivity contribution in [2.45, 2.75) is 12.8 Å². The third-order valence-electron chi connectivity index (χ3n) is 2.65. The van der Waals surface area contributed by atoms with Gasteiger partial charge in [0.25, 0.3) is 0 Å². The zero-order chi connectivity index (χ0) is 10.9. The molecular weight excluding hydrogens is 216 g/mol. The third-order valence-corrected chi connectivity index (χ3v) is 2.96. The number of ether oxygens (including phenoxy) is 1. The van der Waals surface area contributed by atoms with Crippen LogP contribution in [0.5, 0.6) is 5.75 Å². The van der Waals surface area contributed by atoms with E-state index in [2.05, 4.69) is 0 Å². The van der Waals surface area contributed by atoms with Crippen LogP contribution in [0.2, 0.25) is 5.02 Å². The Kier molecular flexibility index (Phi) is 2.57. The molecule has 4 heteroatoms. The van der Waals surface area contributed by atoms with E-state index >= 15 is 0 Å². The van der Waals surface area contributed by atoms with Crippen LogP contribution < -0.4 is 4.74 Å². The van der Waals surface area contributed by atoms with Crippen molar-refractivity contribution in [3.63, 3.8) is 0 Å². The second kappa shape index (κ2) is 3.74. The van der Waals surface area contributed by atoms with Gasteiger partial charge < -0.3 is 9.84 Å². The molecule has 1 fully saturated rings. The van der Waals surface area contributed by atoms with Gasteiger partial charge >= 0.3 is 5.97 Å². The summed E-state index contributed by atoms with van der Waals surface area (Å²) in [5, 5.41) is 9.45. The minimum Gasteiger partial charge on any atom is -0.491 e. The maximum atomic E-state index is 10.9. The van der Waals surface area contributed by atoms with Crippen LogP contribution in [0.25, 0.3) is 0 Å². The molecule has 80 valence electrons. The topological polar surface area (TPSA) is 46.5 Å². The van der Waals surface area contributed by atoms with Crippen LogP contribution in [0.4, 0.5) is 0 Å². The number of halogens is 1. The lowest BCUT2D eigenvalue weighted by Gasteiger charge is -2.12. The van der Waals surface area contributed by atoms with Crippen LogP contribution in [0, 0.1) is 5.41 Å². The molecule has 1 N–H and O–H groups in total. The third kappa shape index (κ3) is 2.07. The summed E-state index contributed by atoms with van der Waals surface area (Å²) in [6, 6.07) is 7.07. The van der Waals surface area contributed by atoms with E-state index in [1.807, 2.05) is 6.07 Å². The van der Waals surface area contributed by atoms with Crippen molar-refractivity contribution in [2.24, 2.45) is 5.41 Å². The predicted molar refractivity (Wildman–Crippen MR) is 56.2 cm³/mol. The van der Waals surface area contributed by atoms with Gasteiger partial charge in [0, 0.05) is 0 Å². The molecule has 1 saturated carbocycles. The number of carboxylic acid groups (broad SMARTS) is 1. The Morgan fingerprint density at radius 1 is 1.47 bits per heavy atom. The predicted octanol–water partition coefficient (Wildman–Crippen LogP) is 2.58. The van der Waals surface area contributed by atoms with Crippen LogP contribution in [0.15, 0.2) is 24.3 Å². The first-order valence-electron chi connectivity index (χ1n) is 4.75. The molecule has 1 aromatic carbocycles. The van der Waals surface area contributed by atoms with E-state index in [4.69, 9.17) is 21.4 Å². The Morgan fingerprint density at radius 2 is 2.13 bits per heavy atom. The van der Waals surface area contributed by atoms with E-state index in [0.29, 0.717) is 23.6 Å². The number of benzene rings is 1. The molecule has 0 heterocycles. The van der Waals surface area contributed by atoms with Crippen molar-refractivity contribution in [1.82, 2.24) is 0 Å². The molecule has 1 aliphatic carbocycles. The second-order valence-electron chi connectivity index (χ2n) is 3.80. The van der Waals surface area contributed by atoms with Gasteiger partial charge in [0.2, 0.25) is 0 Å². The van der Waals surface area contributed by atoms with E-state index in [0.717, 1.165) is 0 Å². The summed E-state index contributed by atoms with van der Waals surface area (Å²) in [5.74, 6) is -0.235. The van der Waals surface area contributed by atoms with Crippen LogP contribution in [-0.4, -0.2) is 17.7 Å². The van der Waals surface area contributed by atoms with Crippen LogP contribution >= 0.6 is 11.6 Å². The normalized spacial score (nSPS) is 17.1. The molecular formula is C11H11ClO3. The van der Waals surface area contributed by atoms with Crippen molar-refractivity contribution in [1.29, 1.82) is 0 Å². The molecule has 0 amide bonds. The van der Waals surface area contributed by atoms with Gasteiger partial charge in [0.05, 0.1) is 5.02 Å². The van der Waals surface area contributed by atoms with Crippen molar-refractivity contribution in [3.05, 3.63) is 29.3 Å². The minimum atomic E-state index is -0.783. The van der Waals surface area contributed by atoms with E-state index < -0.39 is 11.4 Å². The van der Waals surface area contributed by atoms with Gasteiger partial charge in [0.15, 0.2) is 0 Å². The number of carboxylic acids is 1. The molecule has 1 aliphatic rings. The zero-order valence-corrected chi connectivity index (χ0v) is 8.83. The summed E-state index contributed by atoms with van der Waals surface area (Å²) in [6.45, 7) is 0.200. The van der Waals surface area contributed by atoms with Crippen LogP contribution in [0.3, 0.4) is 0 Å². The summed E-state index contributed by atoms with van der Waals surface area (Å²) < 4.78 is 5.41. The maximum Gasteiger partial charge on any atom is 0.313 e. The molecule has 0 unspecified atom stereocenters. The van der Waals surface area contributed by atoms with Crippen LogP contribution in [0.1, 0.15) is 12.8 Å². The summed E-state index contributed by atoms with van der Waals surface area (Å²) in [7, 11) is 0. The van der Waals surface area contributed by atoms with E-state index in [1.54, 1.807) is 18.2 Å². The fourth-order valence-corrected chi connectivity index (χ4v) is 1.54. The monoisotopic (exact) mass is 226 g/mol. The number of carbonyl (C=O) groups is 1. The molecule has 0 bridgehead atoms. The van der Waals surface area contributed by atoms with Crippen molar-refractivity contribution in [2.75, 3.05) is 6.61 Å². The number of hydrogen-bond acceptors (Lipinski definition) is 2. The van der Waals surface area contributed by atoms with Gasteiger partial charge in [-0.25, -0.2) is 0 Å². The average Bonchev–Trinajstić information content (AvgIpc) is 2.98. The lowest BCUT2D eigenvalue weighted by molar-refractivity contribution is -0.144. The Morgan fingerprint density at radius 3 is 2.67 bits per heavy atom. The fraction of sp³-hybridized carbons (Fsp3) is 0.364. The standard InChI is InChI=1S/C11H11ClO3/c12-8-3-1-2-4-9(8)15-7-11(5-6-11)10(13)14/h1-4H,5-7H2,(H,13,14). The Balaban J connectivity index is 2.00. The molecule has 0 aromatic heterocycles. The smallest absolute Gasteiger partial charge is 0.313 e. The first-order chi connectivity index (χ1) is 7.14. The Hall–Kier alpha value is -1.22. The first-order valence-corrected chi connectivity index (χ1v) is 5.13. The van der Waals surface area contributed by atoms with Crippen molar-refractivity contribution < 1.29 is 14.6 Å². The summed E-state index contributed by atoms with van der Waals surface area (Å²) in [6.07, 6.45) is 1.37. The van der Waals surface area contributed by atoms with E-state index in [1.165, 1.54) is 0 Å². The van der Waals surface area contributed by atoms with Crippen molar-refractivity contribution in [3.8, 4) is 5.75 Å². The fourth-order valence-electron chi connectivity index (χ4n) is 1.35. The summed E-state index contributed by atoms with van der Waals surface area (Å²) >= 11 is 5.88. The molecule has 0 spiro atoms. The number of para-hydroxylation sites is 1. The largest absolute Gasteiger partial charge is 0.491 e. The van der Waals surface area contributed by atoms with E-state index in [-0.39, 0.29) is 6.61 Å². The van der Waals surface area contributed by atoms with Crippen molar-refractivity contribution >= 4 is 17.6 Å². The Labute approximate surface area is 92.6 Å². The molecule has 0 radical (unpaired) electrons. The number of rotatable bonds is 4. The van der Waals surface area contributed by atoms with Crippen LogP contribution in [-0.2, 0) is 4.79 Å². The highest BCUT2D eigenvalue weighted by Crippen LogP contribution is 2.46. The molecule has 0 atom stereocenters. The van der Waals surface area contributed by atoms with Gasteiger partial charge in [-0.15, -0.1) is 0 Å². The molecule has 15 heavy (non-hydrogen) atoms. The number of hydrogen-bond donors (Lipinski definition) is 1. The number of aliphatic carboxylic acids is 1. The summed E-state index contributed by atoms with van der Waals surface area (Å²) in [5.41, 5.74) is -0.667. The summed E-state index contributed by atoms with van der Waals surface area (Å²) in [4.78, 5) is 10.9. The lowest BCUT2D eigenvalue weighted by Crippen LogP contribution is -2.22. The highest BCUT2D eigenvalue weighted by atomic mass is 35.5. The second-order valence-corrected chi connectivity index (χ2v) is 4.21. The van der Waals surface area contributed by atoms with Gasteiger partial charge in [-0.3, -0.25) is 4.79 Å². The Bertz CT molecular complexity index is 385. The minimum absolute atomic E-state index is 0.200. The molecule has 2 rings (SSSR count). The molecule has 3 nitrogen and oxygen atoms in total. The van der Waals surface area contributed by atoms with E-state index in [9.17, 15) is 4.79 Å². The maximum absolute atomic E-state index is 10.9. The van der Waals surface area contributed by atoms with Gasteiger partial charge in [-0.05, 0) is 25.0 Å².